The van der Waals surface area contributed by atoms with Gasteiger partial charge in [0.2, 0.25) is 5.91 Å². The van der Waals surface area contributed by atoms with Crippen LogP contribution in [0, 0.1) is 5.82 Å². The lowest BCUT2D eigenvalue weighted by atomic mass is 10.1. The normalized spacial score (nSPS) is 17.2. The summed E-state index contributed by atoms with van der Waals surface area (Å²) in [5.41, 5.74) is 1.90. The van der Waals surface area contributed by atoms with Crippen molar-refractivity contribution in [3.8, 4) is 5.75 Å². The van der Waals surface area contributed by atoms with Gasteiger partial charge in [0, 0.05) is 11.3 Å². The Labute approximate surface area is 173 Å². The van der Waals surface area contributed by atoms with Gasteiger partial charge < -0.3 is 10.1 Å². The predicted molar refractivity (Wildman–Crippen MR) is 116 cm³/mol. The fraction of sp³-hybridized carbons (Fsp3) is 0.318. The SMILES string of the molecule is COc1ccc(NC(=O)CSC2=NC3(CCCC3)N=C2c2ccc(F)cc2)cc1. The molecule has 150 valence electrons. The van der Waals surface area contributed by atoms with E-state index < -0.39 is 5.66 Å². The van der Waals surface area contributed by atoms with Crippen LogP contribution in [-0.2, 0) is 4.79 Å². The predicted octanol–water partition coefficient (Wildman–Crippen LogP) is 4.68. The van der Waals surface area contributed by atoms with Gasteiger partial charge in [0.25, 0.3) is 0 Å². The summed E-state index contributed by atoms with van der Waals surface area (Å²) in [6, 6.07) is 13.5. The quantitative estimate of drug-likeness (QED) is 0.777. The first-order valence-electron chi connectivity index (χ1n) is 9.60. The van der Waals surface area contributed by atoms with Crippen molar-refractivity contribution in [3.63, 3.8) is 0 Å². The first-order chi connectivity index (χ1) is 14.1. The van der Waals surface area contributed by atoms with Crippen molar-refractivity contribution in [1.82, 2.24) is 0 Å². The molecule has 1 saturated carbocycles. The number of hydrogen-bond donors (Lipinski definition) is 1. The lowest BCUT2D eigenvalue weighted by Gasteiger charge is -2.14. The molecule has 0 saturated heterocycles. The number of halogens is 1. The second-order valence-corrected chi connectivity index (χ2v) is 8.10. The Balaban J connectivity index is 1.46. The van der Waals surface area contributed by atoms with Gasteiger partial charge in [0.1, 0.15) is 16.6 Å². The minimum atomic E-state index is -0.404. The number of aliphatic imine (C=N–C) groups is 2. The van der Waals surface area contributed by atoms with Crippen molar-refractivity contribution in [2.45, 2.75) is 31.3 Å². The van der Waals surface area contributed by atoms with E-state index in [0.717, 1.165) is 47.8 Å². The Hall–Kier alpha value is -2.67. The number of nitrogens with zero attached hydrogens (tertiary/aromatic N) is 2. The van der Waals surface area contributed by atoms with Gasteiger partial charge in [-0.05, 0) is 74.2 Å². The molecule has 0 aromatic heterocycles. The van der Waals surface area contributed by atoms with Gasteiger partial charge in [-0.3, -0.25) is 9.79 Å². The molecule has 7 heteroatoms. The third kappa shape index (κ3) is 4.50. The third-order valence-electron chi connectivity index (χ3n) is 5.07. The Morgan fingerprint density at radius 1 is 1.10 bits per heavy atom. The van der Waals surface area contributed by atoms with Crippen molar-refractivity contribution in [2.75, 3.05) is 18.2 Å². The number of ether oxygens (including phenoxy) is 1. The number of amides is 1. The zero-order chi connectivity index (χ0) is 20.3. The fourth-order valence-corrected chi connectivity index (χ4v) is 4.46. The minimum absolute atomic E-state index is 0.117. The van der Waals surface area contributed by atoms with E-state index in [4.69, 9.17) is 14.7 Å². The third-order valence-corrected chi connectivity index (χ3v) is 6.03. The molecule has 2 aliphatic rings. The van der Waals surface area contributed by atoms with Crippen LogP contribution in [-0.4, -0.2) is 35.2 Å². The van der Waals surface area contributed by atoms with E-state index in [1.54, 1.807) is 43.5 Å². The van der Waals surface area contributed by atoms with E-state index >= 15 is 0 Å². The van der Waals surface area contributed by atoms with Crippen molar-refractivity contribution < 1.29 is 13.9 Å². The summed E-state index contributed by atoms with van der Waals surface area (Å²) in [6.07, 6.45) is 4.03. The summed E-state index contributed by atoms with van der Waals surface area (Å²) in [5, 5.41) is 3.63. The second kappa shape index (κ2) is 8.37. The number of thioether (sulfide) groups is 1. The lowest BCUT2D eigenvalue weighted by Crippen LogP contribution is -2.17. The molecule has 1 fully saturated rings. The van der Waals surface area contributed by atoms with Crippen LogP contribution in [0.15, 0.2) is 58.5 Å². The van der Waals surface area contributed by atoms with Gasteiger partial charge in [-0.1, -0.05) is 11.8 Å². The molecule has 4 rings (SSSR count). The van der Waals surface area contributed by atoms with Gasteiger partial charge in [0.15, 0.2) is 5.66 Å². The number of carbonyl (C=O) groups excluding carboxylic acids is 1. The highest BCUT2D eigenvalue weighted by Gasteiger charge is 2.39. The Kier molecular flexibility index (Phi) is 5.67. The second-order valence-electron chi connectivity index (χ2n) is 7.14. The number of anilines is 1. The highest BCUT2D eigenvalue weighted by atomic mass is 32.2. The smallest absolute Gasteiger partial charge is 0.234 e. The molecule has 1 N–H and O–H groups in total. The maximum absolute atomic E-state index is 13.3. The number of hydrogen-bond acceptors (Lipinski definition) is 5. The summed E-state index contributed by atoms with van der Waals surface area (Å²) in [4.78, 5) is 22.2. The van der Waals surface area contributed by atoms with Crippen molar-refractivity contribution in [3.05, 3.63) is 59.9 Å². The van der Waals surface area contributed by atoms with E-state index in [1.807, 2.05) is 0 Å². The van der Waals surface area contributed by atoms with Crippen LogP contribution in [0.25, 0.3) is 0 Å². The van der Waals surface area contributed by atoms with Crippen LogP contribution in [0.5, 0.6) is 5.75 Å². The highest BCUT2D eigenvalue weighted by Crippen LogP contribution is 2.40. The highest BCUT2D eigenvalue weighted by molar-refractivity contribution is 8.16. The van der Waals surface area contributed by atoms with Crippen LogP contribution in [0.2, 0.25) is 0 Å². The largest absolute Gasteiger partial charge is 0.497 e. The molecule has 1 spiro atoms. The lowest BCUT2D eigenvalue weighted by molar-refractivity contribution is -0.113. The van der Waals surface area contributed by atoms with E-state index in [2.05, 4.69) is 5.32 Å². The van der Waals surface area contributed by atoms with Crippen LogP contribution in [0.3, 0.4) is 0 Å². The molecule has 0 bridgehead atoms. The topological polar surface area (TPSA) is 63.0 Å². The average molecular weight is 412 g/mol. The van der Waals surface area contributed by atoms with Gasteiger partial charge >= 0.3 is 0 Å². The van der Waals surface area contributed by atoms with Crippen LogP contribution < -0.4 is 10.1 Å². The number of benzene rings is 2. The van der Waals surface area contributed by atoms with Crippen molar-refractivity contribution in [1.29, 1.82) is 0 Å². The van der Waals surface area contributed by atoms with Crippen LogP contribution >= 0.6 is 11.8 Å². The molecule has 1 amide bonds. The number of rotatable bonds is 5. The fourth-order valence-electron chi connectivity index (χ4n) is 3.59. The number of carbonyl (C=O) groups is 1. The van der Waals surface area contributed by atoms with Gasteiger partial charge in [-0.15, -0.1) is 0 Å². The first-order valence-corrected chi connectivity index (χ1v) is 10.6. The molecule has 5 nitrogen and oxygen atoms in total. The summed E-state index contributed by atoms with van der Waals surface area (Å²) in [6.45, 7) is 0. The van der Waals surface area contributed by atoms with E-state index in [9.17, 15) is 9.18 Å². The Bertz CT molecular complexity index is 949. The van der Waals surface area contributed by atoms with E-state index in [-0.39, 0.29) is 17.5 Å². The minimum Gasteiger partial charge on any atom is -0.497 e. The summed E-state index contributed by atoms with van der Waals surface area (Å²) in [7, 11) is 1.60. The van der Waals surface area contributed by atoms with Crippen molar-refractivity contribution >= 4 is 34.1 Å². The molecule has 0 atom stereocenters. The maximum Gasteiger partial charge on any atom is 0.234 e. The Morgan fingerprint density at radius 2 is 1.79 bits per heavy atom. The van der Waals surface area contributed by atoms with Crippen LogP contribution in [0.4, 0.5) is 10.1 Å². The maximum atomic E-state index is 13.3. The molecule has 0 unspecified atom stereocenters. The molecular formula is C22H22FN3O2S. The molecule has 0 radical (unpaired) electrons. The first kappa shape index (κ1) is 19.6. The molecular weight excluding hydrogens is 389 g/mol. The van der Waals surface area contributed by atoms with Crippen LogP contribution in [0.1, 0.15) is 31.2 Å². The monoisotopic (exact) mass is 411 g/mol. The molecule has 2 aromatic rings. The number of nitrogens with one attached hydrogen (secondary N) is 1. The summed E-state index contributed by atoms with van der Waals surface area (Å²) < 4.78 is 18.5. The molecule has 29 heavy (non-hydrogen) atoms. The van der Waals surface area contributed by atoms with Crippen molar-refractivity contribution in [2.24, 2.45) is 9.98 Å². The molecule has 1 heterocycles. The zero-order valence-electron chi connectivity index (χ0n) is 16.2. The molecule has 2 aromatic carbocycles. The molecule has 1 aliphatic carbocycles. The summed E-state index contributed by atoms with van der Waals surface area (Å²) in [5.74, 6) is 0.558. The zero-order valence-corrected chi connectivity index (χ0v) is 17.0. The summed E-state index contributed by atoms with van der Waals surface area (Å²) >= 11 is 1.38. The molecule has 1 aliphatic heterocycles. The van der Waals surface area contributed by atoms with E-state index in [0.29, 0.717) is 5.69 Å². The van der Waals surface area contributed by atoms with Gasteiger partial charge in [-0.25, -0.2) is 9.38 Å². The van der Waals surface area contributed by atoms with Gasteiger partial charge in [-0.2, -0.15) is 0 Å². The Morgan fingerprint density at radius 3 is 2.45 bits per heavy atom. The average Bonchev–Trinajstić information content (AvgIpc) is 3.34. The number of methoxy groups -OCH3 is 1. The van der Waals surface area contributed by atoms with Gasteiger partial charge in [0.05, 0.1) is 18.6 Å². The standard InChI is InChI=1S/C22H22FN3O2S/c1-28-18-10-8-17(9-11-18)24-19(27)14-29-21-20(15-4-6-16(23)7-5-15)25-22(26-21)12-2-3-13-22/h4-11H,2-3,12-14H2,1H3,(H,24,27). The van der Waals surface area contributed by atoms with E-state index in [1.165, 1.54) is 23.9 Å².